The van der Waals surface area contributed by atoms with Gasteiger partial charge in [-0.1, -0.05) is 0 Å². The lowest BCUT2D eigenvalue weighted by atomic mass is 10.1. The molecule has 0 aliphatic heterocycles. The number of aromatic nitrogens is 2. The molecule has 0 saturated heterocycles. The van der Waals surface area contributed by atoms with Crippen molar-refractivity contribution in [3.05, 3.63) is 72.4 Å². The molecule has 1 aromatic heterocycles. The molecule has 0 saturated carbocycles. The maximum absolute atomic E-state index is 13.0. The Kier molecular flexibility index (Phi) is 8.79. The lowest BCUT2D eigenvalue weighted by Crippen LogP contribution is -2.42. The number of carbonyl (C=O) groups excluding carboxylic acids is 2. The summed E-state index contributed by atoms with van der Waals surface area (Å²) in [5.74, 6) is 0.697. The minimum atomic E-state index is -0.500. The number of halogens is 1. The molecule has 2 aromatic carbocycles. The minimum absolute atomic E-state index is 0.135. The van der Waals surface area contributed by atoms with Gasteiger partial charge >= 0.3 is 0 Å². The fourth-order valence-corrected chi connectivity index (χ4v) is 2.55. The molecule has 1 heterocycles. The van der Waals surface area contributed by atoms with Gasteiger partial charge in [-0.25, -0.2) is 14.4 Å². The molecule has 0 unspecified atom stereocenters. The van der Waals surface area contributed by atoms with Crippen molar-refractivity contribution >= 4 is 12.4 Å². The van der Waals surface area contributed by atoms with Crippen LogP contribution in [0.5, 0.6) is 11.5 Å². The number of likely N-dealkylation sites (N-methyl/N-ethyl adjacent to an activating group) is 1. The predicted molar refractivity (Wildman–Crippen MR) is 115 cm³/mol. The molecule has 1 amide bonds. The average molecular weight is 440 g/mol. The van der Waals surface area contributed by atoms with Crippen molar-refractivity contribution in [2.24, 2.45) is 0 Å². The van der Waals surface area contributed by atoms with E-state index in [2.05, 4.69) is 36.4 Å². The SMILES string of the molecule is C[N+](C)(C)CCNC(=O)c1nccc(-c2ccc(Oc3ccc(F)cc3)cc2)n1.O=C[O-]. The summed E-state index contributed by atoms with van der Waals surface area (Å²) in [6.07, 6.45) is 1.57. The highest BCUT2D eigenvalue weighted by molar-refractivity contribution is 5.90. The summed E-state index contributed by atoms with van der Waals surface area (Å²) in [5, 5.41) is 11.1. The average Bonchev–Trinajstić information content (AvgIpc) is 2.76. The first-order valence-electron chi connectivity index (χ1n) is 9.73. The Balaban J connectivity index is 0.00000114. The standard InChI is InChI=1S/C22H23FN4O2.CH2O2/c1-27(2,3)15-14-25-22(28)21-24-13-12-20(26-21)16-4-8-18(9-5-16)29-19-10-6-17(23)7-11-19;2-1-3/h4-13H,14-15H2,1-3H3;1H,(H,2,3). The lowest BCUT2D eigenvalue weighted by molar-refractivity contribution is -0.869. The number of amides is 1. The highest BCUT2D eigenvalue weighted by atomic mass is 19.1. The van der Waals surface area contributed by atoms with Crippen LogP contribution in [0.2, 0.25) is 0 Å². The number of nitrogens with one attached hydrogen (secondary N) is 1. The zero-order valence-electron chi connectivity index (χ0n) is 18.1. The van der Waals surface area contributed by atoms with E-state index in [9.17, 15) is 9.18 Å². The second-order valence-corrected chi connectivity index (χ2v) is 7.71. The summed E-state index contributed by atoms with van der Waals surface area (Å²) >= 11 is 0. The molecule has 0 fully saturated rings. The molecule has 0 aliphatic carbocycles. The maximum atomic E-state index is 13.0. The van der Waals surface area contributed by atoms with Crippen molar-refractivity contribution < 1.29 is 28.3 Å². The maximum Gasteiger partial charge on any atom is 0.289 e. The van der Waals surface area contributed by atoms with Gasteiger partial charge in [-0.2, -0.15) is 0 Å². The molecule has 3 rings (SSSR count). The Morgan fingerprint density at radius 2 is 1.62 bits per heavy atom. The van der Waals surface area contributed by atoms with Gasteiger partial charge in [-0.3, -0.25) is 4.79 Å². The van der Waals surface area contributed by atoms with E-state index < -0.39 is 6.47 Å². The molecule has 32 heavy (non-hydrogen) atoms. The Hall–Kier alpha value is -3.85. The van der Waals surface area contributed by atoms with Gasteiger partial charge in [0.05, 0.1) is 39.9 Å². The van der Waals surface area contributed by atoms with Gasteiger partial charge in [-0.15, -0.1) is 0 Å². The second-order valence-electron chi connectivity index (χ2n) is 7.71. The Morgan fingerprint density at radius 3 is 2.19 bits per heavy atom. The van der Waals surface area contributed by atoms with Gasteiger partial charge in [0.2, 0.25) is 5.82 Å². The number of hydrogen-bond donors (Lipinski definition) is 1. The molecule has 0 bridgehead atoms. The number of hydrogen-bond acceptors (Lipinski definition) is 6. The van der Waals surface area contributed by atoms with Crippen LogP contribution >= 0.6 is 0 Å². The van der Waals surface area contributed by atoms with E-state index in [0.717, 1.165) is 16.6 Å². The number of nitrogens with zero attached hydrogens (tertiary/aromatic N) is 3. The first-order valence-corrected chi connectivity index (χ1v) is 9.73. The summed E-state index contributed by atoms with van der Waals surface area (Å²) in [4.78, 5) is 29.0. The van der Waals surface area contributed by atoms with Gasteiger partial charge in [0.15, 0.2) is 0 Å². The third kappa shape index (κ3) is 8.11. The number of quaternary nitrogens is 1. The zero-order valence-corrected chi connectivity index (χ0v) is 18.1. The number of carbonyl (C=O) groups is 2. The normalized spacial score (nSPS) is 10.5. The Morgan fingerprint density at radius 1 is 1.06 bits per heavy atom. The molecule has 0 radical (unpaired) electrons. The van der Waals surface area contributed by atoms with Gasteiger partial charge in [-0.05, 0) is 54.6 Å². The monoisotopic (exact) mass is 440 g/mol. The van der Waals surface area contributed by atoms with E-state index in [1.807, 2.05) is 12.1 Å². The van der Waals surface area contributed by atoms with E-state index in [4.69, 9.17) is 14.6 Å². The van der Waals surface area contributed by atoms with E-state index in [-0.39, 0.29) is 17.5 Å². The van der Waals surface area contributed by atoms with Crippen LogP contribution in [-0.2, 0) is 4.79 Å². The van der Waals surface area contributed by atoms with Gasteiger partial charge in [0.25, 0.3) is 5.91 Å². The van der Waals surface area contributed by atoms with Crippen LogP contribution in [0.3, 0.4) is 0 Å². The molecule has 0 aliphatic rings. The summed E-state index contributed by atoms with van der Waals surface area (Å²) in [7, 11) is 6.19. The third-order valence-electron chi connectivity index (χ3n) is 4.13. The number of carboxylic acid groups (broad SMARTS) is 1. The van der Waals surface area contributed by atoms with Crippen LogP contribution in [0.15, 0.2) is 60.8 Å². The molecule has 8 nitrogen and oxygen atoms in total. The van der Waals surface area contributed by atoms with Crippen molar-refractivity contribution in [3.63, 3.8) is 0 Å². The van der Waals surface area contributed by atoms with Crippen LogP contribution < -0.4 is 15.2 Å². The van der Waals surface area contributed by atoms with Gasteiger partial charge in [0, 0.05) is 18.2 Å². The number of rotatable bonds is 7. The smallest absolute Gasteiger partial charge is 0.289 e. The highest BCUT2D eigenvalue weighted by Gasteiger charge is 2.13. The topological polar surface area (TPSA) is 104 Å². The number of ether oxygens (including phenoxy) is 1. The molecule has 9 heteroatoms. The van der Waals surface area contributed by atoms with Gasteiger partial charge in [0.1, 0.15) is 17.3 Å². The molecular formula is C23H25FN4O4. The minimum Gasteiger partial charge on any atom is -0.554 e. The Labute approximate surface area is 185 Å². The van der Waals surface area contributed by atoms with Crippen molar-refractivity contribution in [1.29, 1.82) is 0 Å². The third-order valence-corrected chi connectivity index (χ3v) is 4.13. The zero-order chi connectivity index (χ0) is 23.6. The van der Waals surface area contributed by atoms with Crippen molar-refractivity contribution in [1.82, 2.24) is 15.3 Å². The van der Waals surface area contributed by atoms with Gasteiger partial charge < -0.3 is 24.4 Å². The molecule has 1 N–H and O–H groups in total. The van der Waals surface area contributed by atoms with Crippen LogP contribution in [-0.4, -0.2) is 61.1 Å². The highest BCUT2D eigenvalue weighted by Crippen LogP contribution is 2.25. The van der Waals surface area contributed by atoms with Crippen molar-refractivity contribution in [2.75, 3.05) is 34.2 Å². The van der Waals surface area contributed by atoms with Crippen molar-refractivity contribution in [2.45, 2.75) is 0 Å². The summed E-state index contributed by atoms with van der Waals surface area (Å²) in [6, 6.07) is 14.9. The first-order chi connectivity index (χ1) is 15.2. The fraction of sp³-hybridized carbons (Fsp3) is 0.217. The van der Waals surface area contributed by atoms with Crippen LogP contribution in [0.1, 0.15) is 10.6 Å². The van der Waals surface area contributed by atoms with E-state index >= 15 is 0 Å². The first kappa shape index (κ1) is 24.4. The van der Waals surface area contributed by atoms with Crippen LogP contribution in [0, 0.1) is 5.82 Å². The molecule has 0 atom stereocenters. The molecule has 3 aromatic rings. The summed E-state index contributed by atoms with van der Waals surface area (Å²) in [6.45, 7) is 0.853. The van der Waals surface area contributed by atoms with Crippen molar-refractivity contribution in [3.8, 4) is 22.8 Å². The quantitative estimate of drug-likeness (QED) is 0.444. The molecule has 168 valence electrons. The van der Waals surface area contributed by atoms with E-state index in [1.54, 1.807) is 36.5 Å². The largest absolute Gasteiger partial charge is 0.554 e. The fourth-order valence-electron chi connectivity index (χ4n) is 2.55. The van der Waals surface area contributed by atoms with Crippen LogP contribution in [0.4, 0.5) is 4.39 Å². The predicted octanol–water partition coefficient (Wildman–Crippen LogP) is 1.88. The lowest BCUT2D eigenvalue weighted by Gasteiger charge is -2.23. The molecule has 0 spiro atoms. The number of benzene rings is 2. The van der Waals surface area contributed by atoms with E-state index in [1.165, 1.54) is 12.1 Å². The second kappa shape index (κ2) is 11.5. The molecular weight excluding hydrogens is 415 g/mol. The van der Waals surface area contributed by atoms with E-state index in [0.29, 0.717) is 23.7 Å². The summed E-state index contributed by atoms with van der Waals surface area (Å²) in [5.41, 5.74) is 1.48. The van der Waals surface area contributed by atoms with Crippen LogP contribution in [0.25, 0.3) is 11.3 Å². The summed E-state index contributed by atoms with van der Waals surface area (Å²) < 4.78 is 19.4. The Bertz CT molecular complexity index is 1020.